The summed E-state index contributed by atoms with van der Waals surface area (Å²) in [5, 5.41) is 1.75. The van der Waals surface area contributed by atoms with E-state index in [0.29, 0.717) is 0 Å². The van der Waals surface area contributed by atoms with Crippen LogP contribution >= 0.6 is 11.8 Å². The summed E-state index contributed by atoms with van der Waals surface area (Å²) in [5.41, 5.74) is 8.43. The van der Waals surface area contributed by atoms with Crippen molar-refractivity contribution in [2.24, 2.45) is 5.73 Å². The predicted molar refractivity (Wildman–Crippen MR) is 93.8 cm³/mol. The normalized spacial score (nSPS) is 12.9. The summed E-state index contributed by atoms with van der Waals surface area (Å²) in [5.74, 6) is 0. The van der Waals surface area contributed by atoms with E-state index in [0.717, 1.165) is 21.9 Å². The molecule has 0 amide bonds. The van der Waals surface area contributed by atoms with Crippen LogP contribution in [0, 0.1) is 0 Å². The summed E-state index contributed by atoms with van der Waals surface area (Å²) < 4.78 is 0. The maximum atomic E-state index is 5.73. The van der Waals surface area contributed by atoms with E-state index in [2.05, 4.69) is 19.7 Å². The molecular weight excluding hydrogens is 264 g/mol. The van der Waals surface area contributed by atoms with Crippen LogP contribution in [0.15, 0.2) is 83.6 Å². The summed E-state index contributed by atoms with van der Waals surface area (Å²) in [7, 11) is 1.95. The summed E-state index contributed by atoms with van der Waals surface area (Å²) >= 11 is 1.47. The van der Waals surface area contributed by atoms with Crippen LogP contribution in [0.25, 0.3) is 0 Å². The van der Waals surface area contributed by atoms with Gasteiger partial charge in [0, 0.05) is 18.9 Å². The van der Waals surface area contributed by atoms with Crippen LogP contribution in [-0.4, -0.2) is 11.9 Å². The van der Waals surface area contributed by atoms with Gasteiger partial charge in [0.25, 0.3) is 0 Å². The fourth-order valence-electron chi connectivity index (χ4n) is 1.50. The number of nitrogens with zero attached hydrogens (tertiary/aromatic N) is 1. The minimum absolute atomic E-state index is 0.871. The average Bonchev–Trinajstić information content (AvgIpc) is 2.42. The highest BCUT2D eigenvalue weighted by atomic mass is 32.2. The van der Waals surface area contributed by atoms with Crippen LogP contribution < -0.4 is 5.73 Å². The molecule has 0 aromatic rings. The molecule has 2 N–H and O–H groups in total. The highest BCUT2D eigenvalue weighted by Gasteiger charge is 2.11. The lowest BCUT2D eigenvalue weighted by atomic mass is 10.2. The second-order valence-corrected chi connectivity index (χ2v) is 4.98. The van der Waals surface area contributed by atoms with Crippen LogP contribution in [0.4, 0.5) is 0 Å². The Morgan fingerprint density at radius 2 is 1.75 bits per heavy atom. The van der Waals surface area contributed by atoms with Crippen molar-refractivity contribution in [3.05, 3.63) is 83.6 Å². The molecule has 0 fully saturated rings. The molecule has 108 valence electrons. The molecule has 0 rings (SSSR count). The maximum Gasteiger partial charge on any atom is 0.0570 e. The first-order chi connectivity index (χ1) is 9.51. The Balaban J connectivity index is 5.63. The van der Waals surface area contributed by atoms with E-state index in [1.165, 1.54) is 11.8 Å². The SMILES string of the molecule is C=CSC(=C\N)/C(=C/C(=C)/C=C\C)N(C)C(=C)/C=C\C. The van der Waals surface area contributed by atoms with Crippen LogP contribution in [0.1, 0.15) is 13.8 Å². The molecule has 0 aliphatic heterocycles. The van der Waals surface area contributed by atoms with Crippen LogP contribution in [0.5, 0.6) is 0 Å². The van der Waals surface area contributed by atoms with E-state index >= 15 is 0 Å². The van der Waals surface area contributed by atoms with Crippen molar-refractivity contribution >= 4 is 11.8 Å². The molecule has 3 heteroatoms. The van der Waals surface area contributed by atoms with Gasteiger partial charge in [0.05, 0.1) is 10.6 Å². The van der Waals surface area contributed by atoms with Gasteiger partial charge in [-0.25, -0.2) is 0 Å². The first-order valence-electron chi connectivity index (χ1n) is 6.30. The van der Waals surface area contributed by atoms with E-state index in [1.807, 2.05) is 56.2 Å². The molecule has 0 bridgehead atoms. The molecule has 0 atom stereocenters. The average molecular weight is 288 g/mol. The Morgan fingerprint density at radius 1 is 1.15 bits per heavy atom. The zero-order chi connectivity index (χ0) is 15.5. The molecule has 0 aromatic heterocycles. The number of likely N-dealkylation sites (N-methyl/N-ethyl adjacent to an activating group) is 1. The molecule has 0 spiro atoms. The Kier molecular flexibility index (Phi) is 9.05. The number of hydrogen-bond donors (Lipinski definition) is 1. The van der Waals surface area contributed by atoms with Crippen molar-refractivity contribution in [3.8, 4) is 0 Å². The lowest BCUT2D eigenvalue weighted by Gasteiger charge is -2.24. The minimum Gasteiger partial charge on any atom is -0.404 e. The highest BCUT2D eigenvalue weighted by molar-refractivity contribution is 8.06. The Bertz CT molecular complexity index is 479. The number of thioether (sulfide) groups is 1. The monoisotopic (exact) mass is 288 g/mol. The van der Waals surface area contributed by atoms with Crippen molar-refractivity contribution in [3.63, 3.8) is 0 Å². The fraction of sp³-hybridized carbons (Fsp3) is 0.176. The molecular formula is C17H24N2S. The van der Waals surface area contributed by atoms with Gasteiger partial charge < -0.3 is 10.6 Å². The van der Waals surface area contributed by atoms with Gasteiger partial charge in [0.15, 0.2) is 0 Å². The Labute approximate surface area is 127 Å². The third-order valence-electron chi connectivity index (χ3n) is 2.47. The predicted octanol–water partition coefficient (Wildman–Crippen LogP) is 4.70. The molecule has 0 heterocycles. The topological polar surface area (TPSA) is 29.3 Å². The summed E-state index contributed by atoms with van der Waals surface area (Å²) in [6.45, 7) is 15.7. The minimum atomic E-state index is 0.871. The lowest BCUT2D eigenvalue weighted by Crippen LogP contribution is -2.17. The smallest absolute Gasteiger partial charge is 0.0570 e. The summed E-state index contributed by atoms with van der Waals surface area (Å²) in [4.78, 5) is 2.88. The molecule has 0 unspecified atom stereocenters. The molecule has 0 aliphatic carbocycles. The van der Waals surface area contributed by atoms with Gasteiger partial charge in [-0.1, -0.05) is 49.7 Å². The van der Waals surface area contributed by atoms with Crippen molar-refractivity contribution < 1.29 is 0 Å². The Hall–Kier alpha value is -1.87. The number of nitrogens with two attached hydrogens (primary N) is 1. The maximum absolute atomic E-state index is 5.73. The number of hydrogen-bond acceptors (Lipinski definition) is 3. The molecule has 0 aliphatic rings. The van der Waals surface area contributed by atoms with Crippen molar-refractivity contribution in [1.29, 1.82) is 0 Å². The van der Waals surface area contributed by atoms with E-state index in [-0.39, 0.29) is 0 Å². The van der Waals surface area contributed by atoms with Crippen molar-refractivity contribution in [2.45, 2.75) is 13.8 Å². The molecule has 0 saturated carbocycles. The lowest BCUT2D eigenvalue weighted by molar-refractivity contribution is 0.553. The second-order valence-electron chi connectivity index (χ2n) is 3.97. The molecule has 2 nitrogen and oxygen atoms in total. The van der Waals surface area contributed by atoms with Crippen LogP contribution in [0.2, 0.25) is 0 Å². The third-order valence-corrected chi connectivity index (χ3v) is 3.23. The van der Waals surface area contributed by atoms with Gasteiger partial charge in [-0.05, 0) is 37.0 Å². The van der Waals surface area contributed by atoms with E-state index in [4.69, 9.17) is 5.73 Å². The third kappa shape index (κ3) is 5.85. The van der Waals surface area contributed by atoms with Crippen molar-refractivity contribution in [2.75, 3.05) is 7.05 Å². The number of allylic oxidation sites excluding steroid dienone is 6. The molecule has 0 radical (unpaired) electrons. The van der Waals surface area contributed by atoms with Gasteiger partial charge >= 0.3 is 0 Å². The first kappa shape index (κ1) is 18.1. The second kappa shape index (κ2) is 9.98. The molecule has 0 aromatic carbocycles. The van der Waals surface area contributed by atoms with E-state index < -0.39 is 0 Å². The van der Waals surface area contributed by atoms with Gasteiger partial charge in [-0.2, -0.15) is 0 Å². The Morgan fingerprint density at radius 3 is 2.20 bits per heavy atom. The first-order valence-corrected chi connectivity index (χ1v) is 7.18. The van der Waals surface area contributed by atoms with Gasteiger partial charge in [-0.15, -0.1) is 0 Å². The van der Waals surface area contributed by atoms with Crippen LogP contribution in [-0.2, 0) is 0 Å². The quantitative estimate of drug-likeness (QED) is 0.656. The largest absolute Gasteiger partial charge is 0.404 e. The van der Waals surface area contributed by atoms with Crippen LogP contribution in [0.3, 0.4) is 0 Å². The van der Waals surface area contributed by atoms with Gasteiger partial charge in [-0.3, -0.25) is 0 Å². The van der Waals surface area contributed by atoms with Gasteiger partial charge in [0.1, 0.15) is 0 Å². The summed E-state index contributed by atoms with van der Waals surface area (Å²) in [6.07, 6.45) is 11.3. The standard InChI is InChI=1S/C17H24N2S/c1-7-10-14(4)12-16(17(13-18)20-9-3)19(6)15(5)11-8-2/h7-13H,3-5,18H2,1-2,6H3/b10-7-,11-8-,16-12-,17-13-. The number of rotatable bonds is 8. The van der Waals surface area contributed by atoms with E-state index in [9.17, 15) is 0 Å². The summed E-state index contributed by atoms with van der Waals surface area (Å²) in [6, 6.07) is 0. The zero-order valence-corrected chi connectivity index (χ0v) is 13.4. The zero-order valence-electron chi connectivity index (χ0n) is 12.6. The van der Waals surface area contributed by atoms with Crippen molar-refractivity contribution in [1.82, 2.24) is 4.90 Å². The molecule has 20 heavy (non-hydrogen) atoms. The highest BCUT2D eigenvalue weighted by Crippen LogP contribution is 2.29. The molecule has 0 saturated heterocycles. The fourth-order valence-corrected chi connectivity index (χ4v) is 2.08. The van der Waals surface area contributed by atoms with Gasteiger partial charge in [0.2, 0.25) is 0 Å². The van der Waals surface area contributed by atoms with E-state index in [1.54, 1.807) is 11.6 Å².